The van der Waals surface area contributed by atoms with Crippen LogP contribution in [0.2, 0.25) is 0 Å². The summed E-state index contributed by atoms with van der Waals surface area (Å²) in [4.78, 5) is 18.8. The van der Waals surface area contributed by atoms with Crippen LogP contribution in [0.5, 0.6) is 0 Å². The first kappa shape index (κ1) is 15.5. The van der Waals surface area contributed by atoms with Gasteiger partial charge in [0, 0.05) is 26.7 Å². The predicted octanol–water partition coefficient (Wildman–Crippen LogP) is 2.34. The van der Waals surface area contributed by atoms with E-state index in [4.69, 9.17) is 4.74 Å². The molecule has 23 heavy (non-hydrogen) atoms. The molecule has 2 aromatic rings. The van der Waals surface area contributed by atoms with Crippen molar-refractivity contribution in [1.82, 2.24) is 9.88 Å². The zero-order valence-corrected chi connectivity index (χ0v) is 13.3. The number of methoxy groups -OCH3 is 1. The zero-order chi connectivity index (χ0) is 16.1. The lowest BCUT2D eigenvalue weighted by Gasteiger charge is -2.28. The van der Waals surface area contributed by atoms with E-state index in [-0.39, 0.29) is 5.91 Å². The largest absolute Gasteiger partial charge is 0.383 e. The van der Waals surface area contributed by atoms with Gasteiger partial charge in [-0.25, -0.2) is 4.98 Å². The summed E-state index contributed by atoms with van der Waals surface area (Å²) in [6.07, 6.45) is 2.60. The van der Waals surface area contributed by atoms with Gasteiger partial charge in [-0.3, -0.25) is 4.79 Å². The molecule has 1 aliphatic rings. The zero-order valence-electron chi connectivity index (χ0n) is 13.3. The molecule has 0 aliphatic carbocycles. The summed E-state index contributed by atoms with van der Waals surface area (Å²) in [5.41, 5.74) is 3.94. The number of nitrogens with one attached hydrogen (secondary N) is 1. The molecule has 0 unspecified atom stereocenters. The summed E-state index contributed by atoms with van der Waals surface area (Å²) in [5, 5.41) is 3.19. The second kappa shape index (κ2) is 7.24. The van der Waals surface area contributed by atoms with E-state index in [1.165, 1.54) is 11.1 Å². The van der Waals surface area contributed by atoms with Crippen molar-refractivity contribution in [3.8, 4) is 0 Å². The van der Waals surface area contributed by atoms with E-state index in [1.807, 2.05) is 23.1 Å². The minimum atomic E-state index is -0.0112. The van der Waals surface area contributed by atoms with Gasteiger partial charge in [-0.1, -0.05) is 24.3 Å². The van der Waals surface area contributed by atoms with Gasteiger partial charge in [0.15, 0.2) is 0 Å². The lowest BCUT2D eigenvalue weighted by Crippen LogP contribution is -2.36. The minimum Gasteiger partial charge on any atom is -0.383 e. The molecule has 120 valence electrons. The van der Waals surface area contributed by atoms with Crippen LogP contribution in [0, 0.1) is 0 Å². The smallest absolute Gasteiger partial charge is 0.272 e. The third-order valence-corrected chi connectivity index (χ3v) is 4.04. The Morgan fingerprint density at radius 2 is 2.09 bits per heavy atom. The average Bonchev–Trinajstić information content (AvgIpc) is 2.61. The van der Waals surface area contributed by atoms with Crippen LogP contribution >= 0.6 is 0 Å². The molecule has 1 aliphatic heterocycles. The summed E-state index contributed by atoms with van der Waals surface area (Å²) in [5.74, 6) is -0.0112. The van der Waals surface area contributed by atoms with Gasteiger partial charge in [0.05, 0.1) is 18.5 Å². The van der Waals surface area contributed by atoms with Crippen LogP contribution < -0.4 is 5.32 Å². The molecule has 0 saturated carbocycles. The number of aromatic nitrogens is 1. The van der Waals surface area contributed by atoms with Gasteiger partial charge < -0.3 is 15.0 Å². The predicted molar refractivity (Wildman–Crippen MR) is 89.5 cm³/mol. The number of hydrogen-bond donors (Lipinski definition) is 1. The van der Waals surface area contributed by atoms with Gasteiger partial charge in [-0.2, -0.15) is 0 Å². The minimum absolute atomic E-state index is 0.0112. The van der Waals surface area contributed by atoms with Crippen molar-refractivity contribution in [1.29, 1.82) is 0 Å². The average molecular weight is 311 g/mol. The van der Waals surface area contributed by atoms with Crippen LogP contribution in [-0.4, -0.2) is 42.6 Å². The molecule has 2 heterocycles. The SMILES string of the molecule is COCCNc1ccc(C(=O)N2CCc3ccccc3C2)nc1. The molecule has 0 atom stereocenters. The van der Waals surface area contributed by atoms with Crippen LogP contribution in [0.15, 0.2) is 42.6 Å². The maximum atomic E-state index is 12.6. The molecule has 0 saturated heterocycles. The van der Waals surface area contributed by atoms with Crippen molar-refractivity contribution >= 4 is 11.6 Å². The highest BCUT2D eigenvalue weighted by Gasteiger charge is 2.22. The Balaban J connectivity index is 1.64. The van der Waals surface area contributed by atoms with E-state index >= 15 is 0 Å². The first-order valence-corrected chi connectivity index (χ1v) is 7.83. The maximum absolute atomic E-state index is 12.6. The number of anilines is 1. The van der Waals surface area contributed by atoms with E-state index in [9.17, 15) is 4.79 Å². The Morgan fingerprint density at radius 1 is 1.26 bits per heavy atom. The van der Waals surface area contributed by atoms with Crippen LogP contribution in [-0.2, 0) is 17.7 Å². The maximum Gasteiger partial charge on any atom is 0.272 e. The van der Waals surface area contributed by atoms with Crippen molar-refractivity contribution in [2.24, 2.45) is 0 Å². The van der Waals surface area contributed by atoms with E-state index in [2.05, 4.69) is 22.4 Å². The quantitative estimate of drug-likeness (QED) is 0.861. The number of carbonyl (C=O) groups excluding carboxylic acids is 1. The van der Waals surface area contributed by atoms with Gasteiger partial charge in [-0.15, -0.1) is 0 Å². The van der Waals surface area contributed by atoms with Gasteiger partial charge in [-0.05, 0) is 29.7 Å². The number of pyridine rings is 1. The topological polar surface area (TPSA) is 54.5 Å². The van der Waals surface area contributed by atoms with Gasteiger partial charge >= 0.3 is 0 Å². The fraction of sp³-hybridized carbons (Fsp3) is 0.333. The summed E-state index contributed by atoms with van der Waals surface area (Å²) in [6, 6.07) is 11.9. The van der Waals surface area contributed by atoms with Crippen molar-refractivity contribution < 1.29 is 9.53 Å². The van der Waals surface area contributed by atoms with Crippen LogP contribution in [0.25, 0.3) is 0 Å². The highest BCUT2D eigenvalue weighted by Crippen LogP contribution is 2.20. The first-order chi connectivity index (χ1) is 11.3. The van der Waals surface area contributed by atoms with Gasteiger partial charge in [0.2, 0.25) is 0 Å². The third-order valence-electron chi connectivity index (χ3n) is 4.04. The second-order valence-corrected chi connectivity index (χ2v) is 5.60. The molecular weight excluding hydrogens is 290 g/mol. The molecular formula is C18H21N3O2. The number of hydrogen-bond acceptors (Lipinski definition) is 4. The van der Waals surface area contributed by atoms with Crippen molar-refractivity contribution in [3.63, 3.8) is 0 Å². The first-order valence-electron chi connectivity index (χ1n) is 7.83. The van der Waals surface area contributed by atoms with Crippen molar-refractivity contribution in [2.75, 3.05) is 32.1 Å². The summed E-state index contributed by atoms with van der Waals surface area (Å²) >= 11 is 0. The summed E-state index contributed by atoms with van der Waals surface area (Å²) < 4.78 is 4.99. The van der Waals surface area contributed by atoms with Gasteiger partial charge in [0.25, 0.3) is 5.91 Å². The van der Waals surface area contributed by atoms with Crippen LogP contribution in [0.4, 0.5) is 5.69 Å². The molecule has 0 fully saturated rings. The lowest BCUT2D eigenvalue weighted by atomic mass is 10.00. The number of fused-ring (bicyclic) bond motifs is 1. The Hall–Kier alpha value is -2.40. The Kier molecular flexibility index (Phi) is 4.88. The molecule has 1 aromatic heterocycles. The number of ether oxygens (including phenoxy) is 1. The van der Waals surface area contributed by atoms with E-state index in [0.29, 0.717) is 25.4 Å². The Labute approximate surface area is 136 Å². The fourth-order valence-electron chi connectivity index (χ4n) is 2.75. The standard InChI is InChI=1S/C18H21N3O2/c1-23-11-9-19-16-6-7-17(20-12-16)18(22)21-10-8-14-4-2-3-5-15(14)13-21/h2-7,12,19H,8-11,13H2,1H3. The normalized spacial score (nSPS) is 13.5. The third kappa shape index (κ3) is 3.68. The molecule has 5 heteroatoms. The van der Waals surface area contributed by atoms with Crippen LogP contribution in [0.1, 0.15) is 21.6 Å². The summed E-state index contributed by atoms with van der Waals surface area (Å²) in [7, 11) is 1.67. The lowest BCUT2D eigenvalue weighted by molar-refractivity contribution is 0.0729. The van der Waals surface area contributed by atoms with Gasteiger partial charge in [0.1, 0.15) is 5.69 Å². The molecule has 5 nitrogen and oxygen atoms in total. The van der Waals surface area contributed by atoms with E-state index in [0.717, 1.165) is 18.7 Å². The summed E-state index contributed by atoms with van der Waals surface area (Å²) in [6.45, 7) is 2.75. The second-order valence-electron chi connectivity index (χ2n) is 5.60. The number of rotatable bonds is 5. The molecule has 1 aromatic carbocycles. The van der Waals surface area contributed by atoms with Crippen LogP contribution in [0.3, 0.4) is 0 Å². The fourth-order valence-corrected chi connectivity index (χ4v) is 2.75. The van der Waals surface area contributed by atoms with E-state index in [1.54, 1.807) is 19.4 Å². The monoisotopic (exact) mass is 311 g/mol. The highest BCUT2D eigenvalue weighted by molar-refractivity contribution is 5.92. The molecule has 1 amide bonds. The van der Waals surface area contributed by atoms with Crippen molar-refractivity contribution in [3.05, 3.63) is 59.4 Å². The molecule has 0 radical (unpaired) electrons. The highest BCUT2D eigenvalue weighted by atomic mass is 16.5. The van der Waals surface area contributed by atoms with E-state index < -0.39 is 0 Å². The molecule has 0 bridgehead atoms. The number of amides is 1. The Morgan fingerprint density at radius 3 is 2.83 bits per heavy atom. The molecule has 0 spiro atoms. The number of benzene rings is 1. The number of carbonyl (C=O) groups is 1. The molecule has 3 rings (SSSR count). The molecule has 1 N–H and O–H groups in total. The van der Waals surface area contributed by atoms with Crippen molar-refractivity contribution in [2.45, 2.75) is 13.0 Å². The Bertz CT molecular complexity index is 670. The number of nitrogens with zero attached hydrogens (tertiary/aromatic N) is 2.